The summed E-state index contributed by atoms with van der Waals surface area (Å²) < 4.78 is 0. The lowest BCUT2D eigenvalue weighted by molar-refractivity contribution is -0.116. The molecule has 5 heteroatoms. The van der Waals surface area contributed by atoms with Gasteiger partial charge in [0.2, 0.25) is 5.91 Å². The number of nitrogens with two attached hydrogens (primary N) is 1. The Hall–Kier alpha value is -0.840. The number of amidine groups is 1. The largest absolute Gasteiger partial charge is 0.369 e. The zero-order valence-corrected chi connectivity index (χ0v) is 6.07. The minimum atomic E-state index is -0.381. The Balaban J connectivity index is 2.50. The first-order valence-corrected chi connectivity index (χ1v) is 3.73. The van der Waals surface area contributed by atoms with Crippen molar-refractivity contribution < 1.29 is 4.79 Å². The van der Waals surface area contributed by atoms with Crippen molar-refractivity contribution in [1.82, 2.24) is 0 Å². The molecular weight excluding hydrogens is 150 g/mol. The number of carbonyl (C=O) groups is 1. The molecule has 0 saturated carbocycles. The van der Waals surface area contributed by atoms with Gasteiger partial charge in [-0.1, -0.05) is 11.8 Å². The summed E-state index contributed by atoms with van der Waals surface area (Å²) in [6.45, 7) is 0. The third kappa shape index (κ3) is 1.84. The Kier molecular flexibility index (Phi) is 2.06. The number of aliphatic imine (C=N–C) groups is 1. The van der Waals surface area contributed by atoms with E-state index in [-0.39, 0.29) is 17.5 Å². The SMILES string of the molecule is N=C1N=C(CC(N)=O)CS1. The van der Waals surface area contributed by atoms with Crippen LogP contribution in [0.25, 0.3) is 0 Å². The molecular formula is C5H7N3OS. The van der Waals surface area contributed by atoms with Crippen molar-refractivity contribution in [3.05, 3.63) is 0 Å². The van der Waals surface area contributed by atoms with Crippen molar-refractivity contribution in [2.24, 2.45) is 10.7 Å². The molecule has 1 aliphatic heterocycles. The van der Waals surface area contributed by atoms with Crippen LogP contribution in [0, 0.1) is 5.41 Å². The Morgan fingerprint density at radius 2 is 2.60 bits per heavy atom. The summed E-state index contributed by atoms with van der Waals surface area (Å²) in [5, 5.41) is 7.32. The molecule has 1 heterocycles. The van der Waals surface area contributed by atoms with Gasteiger partial charge in [0.15, 0.2) is 5.17 Å². The van der Waals surface area contributed by atoms with Gasteiger partial charge in [-0.3, -0.25) is 10.2 Å². The highest BCUT2D eigenvalue weighted by Crippen LogP contribution is 2.13. The minimum Gasteiger partial charge on any atom is -0.369 e. The van der Waals surface area contributed by atoms with Gasteiger partial charge in [0, 0.05) is 11.5 Å². The molecule has 1 rings (SSSR count). The van der Waals surface area contributed by atoms with Crippen LogP contribution in [0.3, 0.4) is 0 Å². The van der Waals surface area contributed by atoms with Crippen molar-refractivity contribution in [3.8, 4) is 0 Å². The van der Waals surface area contributed by atoms with E-state index in [2.05, 4.69) is 4.99 Å². The summed E-state index contributed by atoms with van der Waals surface area (Å²) in [5.41, 5.74) is 5.63. The number of carbonyl (C=O) groups excluding carboxylic acids is 1. The maximum atomic E-state index is 10.3. The van der Waals surface area contributed by atoms with E-state index in [1.54, 1.807) is 0 Å². The Morgan fingerprint density at radius 3 is 3.00 bits per heavy atom. The molecule has 0 aromatic carbocycles. The normalized spacial score (nSPS) is 17.2. The van der Waals surface area contributed by atoms with E-state index < -0.39 is 0 Å². The second kappa shape index (κ2) is 2.83. The molecule has 10 heavy (non-hydrogen) atoms. The Labute approximate surface area is 62.4 Å². The number of nitrogens with zero attached hydrogens (tertiary/aromatic N) is 1. The fraction of sp³-hybridized carbons (Fsp3) is 0.400. The van der Waals surface area contributed by atoms with Crippen LogP contribution < -0.4 is 5.73 Å². The lowest BCUT2D eigenvalue weighted by Crippen LogP contribution is -2.16. The van der Waals surface area contributed by atoms with E-state index in [0.29, 0.717) is 11.5 Å². The average molecular weight is 157 g/mol. The van der Waals surface area contributed by atoms with Gasteiger partial charge in [0.1, 0.15) is 0 Å². The summed E-state index contributed by atoms with van der Waals surface area (Å²) in [7, 11) is 0. The number of hydrogen-bond donors (Lipinski definition) is 2. The molecule has 4 nitrogen and oxygen atoms in total. The molecule has 0 unspecified atom stereocenters. The first-order chi connectivity index (χ1) is 4.68. The van der Waals surface area contributed by atoms with E-state index in [9.17, 15) is 4.79 Å². The van der Waals surface area contributed by atoms with Gasteiger partial charge in [-0.2, -0.15) is 0 Å². The Bertz CT molecular complexity index is 211. The van der Waals surface area contributed by atoms with E-state index in [4.69, 9.17) is 11.1 Å². The standard InChI is InChI=1S/C5H7N3OS/c6-4(9)1-3-2-10-5(7)8-3/h7H,1-2H2,(H2,6,9). The highest BCUT2D eigenvalue weighted by atomic mass is 32.2. The van der Waals surface area contributed by atoms with Crippen molar-refractivity contribution in [2.75, 3.05) is 5.75 Å². The molecule has 1 aliphatic rings. The van der Waals surface area contributed by atoms with Crippen LogP contribution in [0.1, 0.15) is 6.42 Å². The van der Waals surface area contributed by atoms with Crippen molar-refractivity contribution in [1.29, 1.82) is 5.41 Å². The van der Waals surface area contributed by atoms with Gasteiger partial charge >= 0.3 is 0 Å². The van der Waals surface area contributed by atoms with Gasteiger partial charge in [-0.05, 0) is 0 Å². The van der Waals surface area contributed by atoms with Crippen molar-refractivity contribution in [3.63, 3.8) is 0 Å². The fourth-order valence-electron chi connectivity index (χ4n) is 0.651. The smallest absolute Gasteiger partial charge is 0.223 e. The molecule has 0 bridgehead atoms. The quantitative estimate of drug-likeness (QED) is 0.591. The lowest BCUT2D eigenvalue weighted by atomic mass is 10.3. The average Bonchev–Trinajstić information content (AvgIpc) is 2.13. The third-order valence-corrected chi connectivity index (χ3v) is 1.86. The topological polar surface area (TPSA) is 79.3 Å². The zero-order chi connectivity index (χ0) is 7.56. The maximum absolute atomic E-state index is 10.3. The maximum Gasteiger partial charge on any atom is 0.223 e. The van der Waals surface area contributed by atoms with Gasteiger partial charge < -0.3 is 5.73 Å². The highest BCUT2D eigenvalue weighted by molar-refractivity contribution is 8.14. The van der Waals surface area contributed by atoms with Crippen LogP contribution in [-0.4, -0.2) is 22.5 Å². The van der Waals surface area contributed by atoms with Gasteiger partial charge in [0.25, 0.3) is 0 Å². The highest BCUT2D eigenvalue weighted by Gasteiger charge is 2.12. The summed E-state index contributed by atoms with van der Waals surface area (Å²) in [6, 6.07) is 0. The number of amides is 1. The van der Waals surface area contributed by atoms with Gasteiger partial charge in [-0.25, -0.2) is 4.99 Å². The molecule has 0 aromatic heterocycles. The molecule has 0 spiro atoms. The fourth-order valence-corrected chi connectivity index (χ4v) is 1.32. The van der Waals surface area contributed by atoms with Gasteiger partial charge in [-0.15, -0.1) is 0 Å². The van der Waals surface area contributed by atoms with E-state index in [1.165, 1.54) is 11.8 Å². The molecule has 3 N–H and O–H groups in total. The molecule has 0 aromatic rings. The molecule has 0 atom stereocenters. The summed E-state index contributed by atoms with van der Waals surface area (Å²) in [6.07, 6.45) is 0.190. The second-order valence-corrected chi connectivity index (χ2v) is 2.88. The number of hydrogen-bond acceptors (Lipinski definition) is 3. The number of nitrogens with one attached hydrogen (secondary N) is 1. The molecule has 54 valence electrons. The molecule has 0 radical (unpaired) electrons. The predicted molar refractivity (Wildman–Crippen MR) is 41.4 cm³/mol. The monoisotopic (exact) mass is 157 g/mol. The first kappa shape index (κ1) is 7.27. The summed E-state index contributed by atoms with van der Waals surface area (Å²) >= 11 is 1.32. The van der Waals surface area contributed by atoms with Crippen LogP contribution >= 0.6 is 11.8 Å². The van der Waals surface area contributed by atoms with E-state index in [0.717, 1.165) is 0 Å². The van der Waals surface area contributed by atoms with Crippen molar-refractivity contribution >= 4 is 28.5 Å². The van der Waals surface area contributed by atoms with E-state index in [1.807, 2.05) is 0 Å². The summed E-state index contributed by atoms with van der Waals surface area (Å²) in [4.78, 5) is 14.1. The predicted octanol–water partition coefficient (Wildman–Crippen LogP) is -0.0156. The number of primary amides is 1. The van der Waals surface area contributed by atoms with Gasteiger partial charge in [0.05, 0.1) is 6.42 Å². The van der Waals surface area contributed by atoms with Crippen LogP contribution in [0.2, 0.25) is 0 Å². The van der Waals surface area contributed by atoms with Crippen LogP contribution in [-0.2, 0) is 4.79 Å². The first-order valence-electron chi connectivity index (χ1n) is 2.74. The van der Waals surface area contributed by atoms with Crippen LogP contribution in [0.4, 0.5) is 0 Å². The second-order valence-electron chi connectivity index (χ2n) is 1.91. The molecule has 1 amide bonds. The summed E-state index contributed by atoms with van der Waals surface area (Å²) in [5.74, 6) is 0.260. The molecule has 0 fully saturated rings. The number of rotatable bonds is 2. The lowest BCUT2D eigenvalue weighted by Gasteiger charge is -1.89. The third-order valence-electron chi connectivity index (χ3n) is 1.01. The van der Waals surface area contributed by atoms with E-state index >= 15 is 0 Å². The van der Waals surface area contributed by atoms with Crippen LogP contribution in [0.15, 0.2) is 4.99 Å². The Morgan fingerprint density at radius 1 is 1.90 bits per heavy atom. The molecule has 0 aliphatic carbocycles. The number of thioether (sulfide) groups is 1. The minimum absolute atomic E-state index is 0.190. The zero-order valence-electron chi connectivity index (χ0n) is 5.26. The van der Waals surface area contributed by atoms with Crippen molar-refractivity contribution in [2.45, 2.75) is 6.42 Å². The van der Waals surface area contributed by atoms with Crippen LogP contribution in [0.5, 0.6) is 0 Å². The molecule has 0 saturated heterocycles.